The van der Waals surface area contributed by atoms with E-state index in [1.165, 1.54) is 5.39 Å². The summed E-state index contributed by atoms with van der Waals surface area (Å²) in [5.74, 6) is 0.806. The second kappa shape index (κ2) is 37.8. The minimum atomic E-state index is 0.806. The second-order valence-electron chi connectivity index (χ2n) is 30.7. The molecule has 0 aliphatic carbocycles. The summed E-state index contributed by atoms with van der Waals surface area (Å²) in [6.07, 6.45) is 21.2. The molecule has 23 aromatic rings. The summed E-state index contributed by atoms with van der Waals surface area (Å²) in [4.78, 5) is 79.1. The molecule has 0 radical (unpaired) electrons. The number of aryl methyl sites for hydroxylation is 10. The van der Waals surface area contributed by atoms with Crippen molar-refractivity contribution in [2.24, 2.45) is 0 Å². The number of ether oxygens (including phenoxy) is 1. The van der Waals surface area contributed by atoms with Crippen LogP contribution in [-0.2, 0) is 64.2 Å². The average molecular weight is 1630 g/mol. The molecule has 13 aromatic heterocycles. The molecule has 23 rings (SSSR count). The van der Waals surface area contributed by atoms with E-state index >= 15 is 0 Å². The Morgan fingerprint density at radius 3 is 0.833 bits per heavy atom. The van der Waals surface area contributed by atoms with E-state index in [2.05, 4.69) is 214 Å². The highest BCUT2D eigenvalue weighted by atomic mass is 16.5. The number of rotatable bonds is 17. The first-order valence-corrected chi connectivity index (χ1v) is 42.3. The second-order valence-corrected chi connectivity index (χ2v) is 30.7. The normalized spacial score (nSPS) is 11.2. The number of pyridine rings is 9. The van der Waals surface area contributed by atoms with Gasteiger partial charge >= 0.3 is 0 Å². The Kier molecular flexibility index (Phi) is 23.9. The van der Waals surface area contributed by atoms with Crippen molar-refractivity contribution in [2.75, 3.05) is 7.11 Å². The molecule has 0 unspecified atom stereocenters. The van der Waals surface area contributed by atoms with Crippen molar-refractivity contribution in [3.05, 3.63) is 422 Å². The van der Waals surface area contributed by atoms with Crippen LogP contribution in [0.1, 0.15) is 56.9 Å². The Bertz CT molecular complexity index is 7580. The fraction of sp³-hybridized carbons (Fsp3) is 0.102. The summed E-state index contributed by atoms with van der Waals surface area (Å²) in [6.45, 7) is 0. The highest BCUT2D eigenvalue weighted by Gasteiger charge is 2.14. The lowest BCUT2D eigenvalue weighted by molar-refractivity contribution is 0.419. The van der Waals surface area contributed by atoms with Crippen LogP contribution in [0.4, 0.5) is 0 Å². The first-order chi connectivity index (χ1) is 62.3. The van der Waals surface area contributed by atoms with Gasteiger partial charge in [0.1, 0.15) is 11.3 Å². The molecule has 0 saturated carbocycles. The molecular weight excluding hydrogens is 1550 g/mol. The van der Waals surface area contributed by atoms with Gasteiger partial charge in [-0.15, -0.1) is 0 Å². The third kappa shape index (κ3) is 18.9. The zero-order valence-electron chi connectivity index (χ0n) is 69.2. The molecular formula is C108H83N17O. The van der Waals surface area contributed by atoms with Gasteiger partial charge in [0.25, 0.3) is 0 Å². The molecule has 18 nitrogen and oxygen atoms in total. The van der Waals surface area contributed by atoms with E-state index in [1.54, 1.807) is 7.11 Å². The van der Waals surface area contributed by atoms with Crippen molar-refractivity contribution in [1.82, 2.24) is 84.7 Å². The van der Waals surface area contributed by atoms with Crippen molar-refractivity contribution in [3.8, 4) is 17.0 Å². The van der Waals surface area contributed by atoms with Gasteiger partial charge in [-0.25, -0.2) is 24.9 Å². The van der Waals surface area contributed by atoms with E-state index in [0.717, 1.165) is 264 Å². The number of benzene rings is 10. The van der Waals surface area contributed by atoms with Gasteiger partial charge in [-0.05, 0) is 186 Å². The van der Waals surface area contributed by atoms with Crippen molar-refractivity contribution < 1.29 is 4.74 Å². The van der Waals surface area contributed by atoms with Crippen LogP contribution in [0.2, 0.25) is 0 Å². The molecule has 0 spiro atoms. The number of aromatic nitrogens is 17. The van der Waals surface area contributed by atoms with Crippen LogP contribution in [0.5, 0.6) is 5.75 Å². The van der Waals surface area contributed by atoms with Crippen LogP contribution >= 0.6 is 0 Å². The van der Waals surface area contributed by atoms with Crippen molar-refractivity contribution in [1.29, 1.82) is 0 Å². The maximum Gasteiger partial charge on any atom is 0.145 e. The fourth-order valence-corrected chi connectivity index (χ4v) is 15.6. The quantitative estimate of drug-likeness (QED) is 0.0772. The standard InChI is InChI=1S/C24H19N3O.C23H17N3.C22H16N4.C21H17N3.C18H14N4/c1-28-21-6-2-4-16-9-11-19(26-22(16)21)13-14-20-12-10-18-8-7-17-5-3-15-25-23(17)24(18)27-20;1-2-6-21-16(4-1)9-11-19(25-21)13-14-20-12-10-18-8-7-17-5-3-15-24-22(17)23(18)26-20;1-2-6-20-19(5-1)24-14-18(25-20)12-11-17-10-9-16-8-7-15-4-3-13-23-21(15)22(16)26-17;1-2-7-16(8-3-1)19-12-6-9-17(23-19)13-14-18-15-22-20-10-4-5-11-21(20)24-18;1-3-7-17-15(5-1)19-11-13(21-17)9-10-14-12-20-16-6-2-4-8-18(16)22-14/h2-12,15H,13-14H2,1H3;1-12,15H,13-14H2;1-10,13-14H,11-12H2;1-12,15H,13-14H2;1-8,11-12H,9-10H2. The molecule has 0 saturated heterocycles. The van der Waals surface area contributed by atoms with Gasteiger partial charge in [0.2, 0.25) is 0 Å². The number of para-hydroxylation sites is 10. The number of fused-ring (bicyclic) bond motifs is 15. The minimum absolute atomic E-state index is 0.806. The topological polar surface area (TPSA) is 228 Å². The van der Waals surface area contributed by atoms with Gasteiger partial charge in [-0.2, -0.15) is 0 Å². The minimum Gasteiger partial charge on any atom is -0.494 e. The molecule has 18 heteroatoms. The van der Waals surface area contributed by atoms with Gasteiger partial charge in [0.15, 0.2) is 0 Å². The fourth-order valence-electron chi connectivity index (χ4n) is 15.6. The summed E-state index contributed by atoms with van der Waals surface area (Å²) in [6, 6.07) is 108. The molecule has 0 aliphatic rings. The molecule has 0 aliphatic heterocycles. The molecule has 0 amide bonds. The summed E-state index contributed by atoms with van der Waals surface area (Å²) in [7, 11) is 1.68. The van der Waals surface area contributed by atoms with Gasteiger partial charge in [0, 0.05) is 126 Å². The number of methoxy groups -OCH3 is 1. The van der Waals surface area contributed by atoms with E-state index in [4.69, 9.17) is 39.6 Å². The first-order valence-electron chi connectivity index (χ1n) is 42.3. The van der Waals surface area contributed by atoms with Crippen molar-refractivity contribution in [2.45, 2.75) is 64.2 Å². The van der Waals surface area contributed by atoms with Gasteiger partial charge < -0.3 is 4.74 Å². The molecule has 0 N–H and O–H groups in total. The predicted molar refractivity (Wildman–Crippen MR) is 506 cm³/mol. The monoisotopic (exact) mass is 1630 g/mol. The Hall–Kier alpha value is -16.2. The highest BCUT2D eigenvalue weighted by molar-refractivity contribution is 6.04. The lowest BCUT2D eigenvalue weighted by atomic mass is 10.1. The highest BCUT2D eigenvalue weighted by Crippen LogP contribution is 2.30. The molecule has 606 valence electrons. The Morgan fingerprint density at radius 2 is 0.444 bits per heavy atom. The zero-order chi connectivity index (χ0) is 84.6. The third-order valence-electron chi connectivity index (χ3n) is 22.1. The summed E-state index contributed by atoms with van der Waals surface area (Å²) < 4.78 is 5.45. The van der Waals surface area contributed by atoms with E-state index in [9.17, 15) is 0 Å². The van der Waals surface area contributed by atoms with E-state index in [0.29, 0.717) is 0 Å². The molecule has 0 fully saturated rings. The molecule has 10 aromatic carbocycles. The van der Waals surface area contributed by atoms with Crippen LogP contribution in [0.15, 0.2) is 365 Å². The summed E-state index contributed by atoms with van der Waals surface area (Å²) >= 11 is 0. The SMILES string of the molecule is COc1cccc2ccc(CCc3ccc4ccc5cccnc5c4n3)nc12.c1ccc(-c2cccc(CCc3cnc4ccccc4n3)n2)cc1.c1ccc2nc(CCc3ccc4ccc5cccnc5c4n3)ccc2c1.c1ccc2nc(CCc3cnc4ccccc4n3)cnc2c1.c1cnc2c(c1)ccc1ccc(CCc3cnc4ccccc4n3)nc12. The van der Waals surface area contributed by atoms with Crippen molar-refractivity contribution in [3.63, 3.8) is 0 Å². The van der Waals surface area contributed by atoms with Crippen LogP contribution in [0.25, 0.3) is 143 Å². The van der Waals surface area contributed by atoms with Crippen LogP contribution in [0, 0.1) is 0 Å². The molecule has 126 heavy (non-hydrogen) atoms. The van der Waals surface area contributed by atoms with Crippen LogP contribution in [-0.4, -0.2) is 91.8 Å². The van der Waals surface area contributed by atoms with Crippen LogP contribution < -0.4 is 4.74 Å². The van der Waals surface area contributed by atoms with E-state index < -0.39 is 0 Å². The van der Waals surface area contributed by atoms with Gasteiger partial charge in [-0.3, -0.25) is 59.8 Å². The summed E-state index contributed by atoms with van der Waals surface area (Å²) in [5, 5.41) is 8.98. The smallest absolute Gasteiger partial charge is 0.145 e. The first kappa shape index (κ1) is 79.6. The lowest BCUT2D eigenvalue weighted by Gasteiger charge is -2.08. The average Bonchev–Trinajstić information content (AvgIpc) is 0.789. The number of hydrogen-bond acceptors (Lipinski definition) is 18. The lowest BCUT2D eigenvalue weighted by Crippen LogP contribution is -1.99. The maximum atomic E-state index is 5.45. The van der Waals surface area contributed by atoms with Crippen molar-refractivity contribution >= 4 is 131 Å². The zero-order valence-corrected chi connectivity index (χ0v) is 69.2. The Balaban J connectivity index is 0.000000103. The maximum absolute atomic E-state index is 5.45. The van der Waals surface area contributed by atoms with Gasteiger partial charge in [0.05, 0.1) is 118 Å². The molecule has 0 atom stereocenters. The Labute approximate surface area is 726 Å². The molecule has 13 heterocycles. The largest absolute Gasteiger partial charge is 0.494 e. The third-order valence-corrected chi connectivity index (χ3v) is 22.1. The Morgan fingerprint density at radius 1 is 0.175 bits per heavy atom. The molecule has 0 bridgehead atoms. The predicted octanol–water partition coefficient (Wildman–Crippen LogP) is 22.6. The van der Waals surface area contributed by atoms with E-state index in [1.807, 2.05) is 201 Å². The summed E-state index contributed by atoms with van der Waals surface area (Å²) in [5.41, 5.74) is 27.7. The number of hydrogen-bond donors (Lipinski definition) is 0. The van der Waals surface area contributed by atoms with Crippen LogP contribution in [0.3, 0.4) is 0 Å². The van der Waals surface area contributed by atoms with Gasteiger partial charge in [-0.1, -0.05) is 200 Å². The number of nitrogens with zero attached hydrogens (tertiary/aromatic N) is 17. The van der Waals surface area contributed by atoms with E-state index in [-0.39, 0.29) is 0 Å².